The minimum atomic E-state index is -0.466. The zero-order chi connectivity index (χ0) is 11.8. The molecule has 1 N–H and O–H groups in total. The summed E-state index contributed by atoms with van der Waals surface area (Å²) in [6, 6.07) is 1.55. The van der Waals surface area contributed by atoms with Crippen LogP contribution in [0.5, 0.6) is 5.75 Å². The van der Waals surface area contributed by atoms with E-state index in [2.05, 4.69) is 20.4 Å². The maximum Gasteiger partial charge on any atom is 0.413 e. The van der Waals surface area contributed by atoms with Crippen LogP contribution in [0.1, 0.15) is 18.7 Å². The van der Waals surface area contributed by atoms with Gasteiger partial charge in [0.2, 0.25) is 0 Å². The molecule has 0 saturated carbocycles. The van der Waals surface area contributed by atoms with E-state index in [1.807, 2.05) is 6.92 Å². The van der Waals surface area contributed by atoms with Gasteiger partial charge in [-0.15, -0.1) is 0 Å². The smallest absolute Gasteiger partial charge is 0.407 e. The average molecular weight is 231 g/mol. The van der Waals surface area contributed by atoms with Crippen molar-refractivity contribution in [3.8, 4) is 11.6 Å². The second-order valence-electron chi connectivity index (χ2n) is 3.65. The summed E-state index contributed by atoms with van der Waals surface area (Å²) in [6.45, 7) is 1.84. The topological polar surface area (TPSA) is 81.9 Å². The van der Waals surface area contributed by atoms with Crippen molar-refractivity contribution < 1.29 is 9.53 Å². The molecule has 2 aromatic rings. The Morgan fingerprint density at radius 3 is 3.18 bits per heavy atom. The van der Waals surface area contributed by atoms with Crippen LogP contribution in [0.4, 0.5) is 4.79 Å². The van der Waals surface area contributed by atoms with Crippen molar-refractivity contribution in [2.45, 2.75) is 13.0 Å². The summed E-state index contributed by atoms with van der Waals surface area (Å²) in [5, 5.41) is 6.95. The maximum absolute atomic E-state index is 11.2. The van der Waals surface area contributed by atoms with Gasteiger partial charge in [-0.1, -0.05) is 0 Å². The zero-order valence-electron chi connectivity index (χ0n) is 8.99. The molecule has 1 amide bonds. The van der Waals surface area contributed by atoms with E-state index in [9.17, 15) is 4.79 Å². The minimum absolute atomic E-state index is 0.172. The van der Waals surface area contributed by atoms with E-state index in [-0.39, 0.29) is 6.04 Å². The Labute approximate surface area is 96.4 Å². The van der Waals surface area contributed by atoms with Crippen LogP contribution < -0.4 is 10.1 Å². The van der Waals surface area contributed by atoms with Crippen molar-refractivity contribution >= 4 is 6.09 Å². The Morgan fingerprint density at radius 2 is 2.41 bits per heavy atom. The molecular weight excluding hydrogens is 222 g/mol. The van der Waals surface area contributed by atoms with Crippen molar-refractivity contribution in [1.29, 1.82) is 0 Å². The molecule has 1 aliphatic heterocycles. The molecule has 86 valence electrons. The van der Waals surface area contributed by atoms with Crippen LogP contribution in [0.15, 0.2) is 24.8 Å². The quantitative estimate of drug-likeness (QED) is 0.785. The van der Waals surface area contributed by atoms with Crippen LogP contribution in [0.3, 0.4) is 0 Å². The molecule has 17 heavy (non-hydrogen) atoms. The third-order valence-electron chi connectivity index (χ3n) is 2.46. The molecule has 7 heteroatoms. The standard InChI is InChI=1S/C10H9N5O2/c1-6-9-7(17-10(16)13-6)4-15(14-9)8-2-3-11-5-12-8/h2-6H,1H3,(H,13,16). The van der Waals surface area contributed by atoms with Gasteiger partial charge in [0, 0.05) is 12.3 Å². The van der Waals surface area contributed by atoms with Gasteiger partial charge in [0.1, 0.15) is 12.0 Å². The van der Waals surface area contributed by atoms with Gasteiger partial charge in [-0.25, -0.2) is 19.4 Å². The lowest BCUT2D eigenvalue weighted by molar-refractivity contribution is 0.189. The number of aromatic nitrogens is 4. The molecular formula is C10H9N5O2. The van der Waals surface area contributed by atoms with Gasteiger partial charge in [0.25, 0.3) is 0 Å². The number of hydrogen-bond acceptors (Lipinski definition) is 5. The summed E-state index contributed by atoms with van der Waals surface area (Å²) in [5.74, 6) is 1.08. The highest BCUT2D eigenvalue weighted by Gasteiger charge is 2.26. The molecule has 2 aromatic heterocycles. The Hall–Kier alpha value is -2.44. The number of ether oxygens (including phenoxy) is 1. The molecule has 7 nitrogen and oxygen atoms in total. The molecule has 0 spiro atoms. The molecule has 0 bridgehead atoms. The fourth-order valence-corrected chi connectivity index (χ4v) is 1.66. The minimum Gasteiger partial charge on any atom is -0.407 e. The van der Waals surface area contributed by atoms with Gasteiger partial charge >= 0.3 is 6.09 Å². The first-order chi connectivity index (χ1) is 8.24. The third kappa shape index (κ3) is 1.61. The first kappa shape index (κ1) is 9.76. The highest BCUT2D eigenvalue weighted by Crippen LogP contribution is 2.28. The van der Waals surface area contributed by atoms with Crippen LogP contribution in [0.25, 0.3) is 5.82 Å². The number of rotatable bonds is 1. The van der Waals surface area contributed by atoms with Gasteiger partial charge < -0.3 is 10.1 Å². The SMILES string of the molecule is CC1NC(=O)Oc2cn(-c3ccncn3)nc21. The number of amides is 1. The first-order valence-electron chi connectivity index (χ1n) is 5.08. The number of fused-ring (bicyclic) bond motifs is 1. The van der Waals surface area contributed by atoms with Crippen molar-refractivity contribution in [2.75, 3.05) is 0 Å². The van der Waals surface area contributed by atoms with E-state index in [0.717, 1.165) is 0 Å². The van der Waals surface area contributed by atoms with Crippen molar-refractivity contribution in [2.24, 2.45) is 0 Å². The van der Waals surface area contributed by atoms with Crippen LogP contribution in [0, 0.1) is 0 Å². The Morgan fingerprint density at radius 1 is 1.53 bits per heavy atom. The van der Waals surface area contributed by atoms with E-state index < -0.39 is 6.09 Å². The fourth-order valence-electron chi connectivity index (χ4n) is 1.66. The third-order valence-corrected chi connectivity index (χ3v) is 2.46. The molecule has 0 fully saturated rings. The summed E-state index contributed by atoms with van der Waals surface area (Å²) in [7, 11) is 0. The van der Waals surface area contributed by atoms with Crippen molar-refractivity contribution in [1.82, 2.24) is 25.1 Å². The number of carbonyl (C=O) groups is 1. The second-order valence-corrected chi connectivity index (χ2v) is 3.65. The lowest BCUT2D eigenvalue weighted by Crippen LogP contribution is -2.34. The van der Waals surface area contributed by atoms with Gasteiger partial charge in [0.05, 0.1) is 12.2 Å². The molecule has 0 aromatic carbocycles. The molecule has 1 unspecified atom stereocenters. The highest BCUT2D eigenvalue weighted by molar-refractivity contribution is 5.73. The van der Waals surface area contributed by atoms with E-state index in [4.69, 9.17) is 4.74 Å². The molecule has 0 radical (unpaired) electrons. The molecule has 3 rings (SSSR count). The van der Waals surface area contributed by atoms with E-state index >= 15 is 0 Å². The van der Waals surface area contributed by atoms with E-state index in [1.54, 1.807) is 23.1 Å². The Bertz CT molecular complexity index is 565. The summed E-state index contributed by atoms with van der Waals surface area (Å²) in [5.41, 5.74) is 0.684. The molecule has 3 heterocycles. The van der Waals surface area contributed by atoms with Crippen LogP contribution in [-0.2, 0) is 0 Å². The second kappa shape index (κ2) is 3.55. The lowest BCUT2D eigenvalue weighted by atomic mass is 10.2. The predicted molar refractivity (Wildman–Crippen MR) is 56.7 cm³/mol. The van der Waals surface area contributed by atoms with Gasteiger partial charge in [0.15, 0.2) is 11.6 Å². The Kier molecular flexibility index (Phi) is 2.04. The molecule has 1 atom stereocenters. The summed E-state index contributed by atoms with van der Waals surface area (Å²) in [6.07, 6.45) is 4.22. The molecule has 1 aliphatic rings. The summed E-state index contributed by atoms with van der Waals surface area (Å²) < 4.78 is 6.59. The van der Waals surface area contributed by atoms with Gasteiger partial charge in [-0.2, -0.15) is 5.10 Å². The summed E-state index contributed by atoms with van der Waals surface area (Å²) >= 11 is 0. The maximum atomic E-state index is 11.2. The molecule has 0 saturated heterocycles. The van der Waals surface area contributed by atoms with Crippen molar-refractivity contribution in [3.63, 3.8) is 0 Å². The highest BCUT2D eigenvalue weighted by atomic mass is 16.6. The zero-order valence-corrected chi connectivity index (χ0v) is 8.99. The number of carbonyl (C=O) groups excluding carboxylic acids is 1. The first-order valence-corrected chi connectivity index (χ1v) is 5.08. The summed E-state index contributed by atoms with van der Waals surface area (Å²) in [4.78, 5) is 19.1. The van der Waals surface area contributed by atoms with Gasteiger partial charge in [-0.05, 0) is 6.92 Å². The largest absolute Gasteiger partial charge is 0.413 e. The average Bonchev–Trinajstić information content (AvgIpc) is 2.74. The predicted octanol–water partition coefficient (Wildman–Crippen LogP) is 0.825. The fraction of sp³-hybridized carbons (Fsp3) is 0.200. The van der Waals surface area contributed by atoms with E-state index in [1.165, 1.54) is 6.33 Å². The van der Waals surface area contributed by atoms with Gasteiger partial charge in [-0.3, -0.25) is 0 Å². The Balaban J connectivity index is 2.05. The number of nitrogens with one attached hydrogen (secondary N) is 1. The van der Waals surface area contributed by atoms with Crippen molar-refractivity contribution in [3.05, 3.63) is 30.5 Å². The van der Waals surface area contributed by atoms with Crippen LogP contribution in [0.2, 0.25) is 0 Å². The molecule has 0 aliphatic carbocycles. The normalized spacial score (nSPS) is 18.2. The van der Waals surface area contributed by atoms with E-state index in [0.29, 0.717) is 17.3 Å². The van der Waals surface area contributed by atoms with Crippen LogP contribution >= 0.6 is 0 Å². The monoisotopic (exact) mass is 231 g/mol. The number of hydrogen-bond donors (Lipinski definition) is 1. The number of nitrogens with zero attached hydrogens (tertiary/aromatic N) is 4. The lowest BCUT2D eigenvalue weighted by Gasteiger charge is -2.17. The van der Waals surface area contributed by atoms with Crippen LogP contribution in [-0.4, -0.2) is 25.8 Å².